The molecule has 32 heavy (non-hydrogen) atoms. The summed E-state index contributed by atoms with van der Waals surface area (Å²) in [5.74, 6) is -0.451. The van der Waals surface area contributed by atoms with Crippen LogP contribution >= 0.6 is 34.5 Å². The summed E-state index contributed by atoms with van der Waals surface area (Å²) in [6.45, 7) is -0.0688. The fourth-order valence-corrected chi connectivity index (χ4v) is 4.52. The molecule has 0 saturated heterocycles. The third kappa shape index (κ3) is 4.64. The minimum atomic E-state index is -4.45. The highest BCUT2D eigenvalue weighted by molar-refractivity contribution is 7.20. The number of benzene rings is 2. The van der Waals surface area contributed by atoms with Crippen molar-refractivity contribution in [2.24, 2.45) is 0 Å². The normalized spacial score (nSPS) is 11.7. The number of rotatable bonds is 4. The maximum Gasteiger partial charge on any atom is 0.416 e. The van der Waals surface area contributed by atoms with Gasteiger partial charge in [0, 0.05) is 22.5 Å². The molecule has 0 aliphatic heterocycles. The standard InChI is InChI=1S/C21H13Cl2F3N4OS/c22-12-4-5-13(15(23)7-12)17-14-8-16(32-19(14)30-20(27)29-17)18(31)28-9-10-2-1-3-11(6-10)21(24,25)26/h1-8H,9H2,(H,28,31)(H2,27,29,30). The minimum absolute atomic E-state index is 0.0105. The second-order valence-electron chi connectivity index (χ2n) is 6.76. The Kier molecular flexibility index (Phi) is 5.98. The fraction of sp³-hybridized carbons (Fsp3) is 0.0952. The third-order valence-electron chi connectivity index (χ3n) is 4.53. The number of halogens is 5. The minimum Gasteiger partial charge on any atom is -0.368 e. The predicted octanol–water partition coefficient (Wildman–Crippen LogP) is 6.20. The van der Waals surface area contributed by atoms with Gasteiger partial charge in [-0.2, -0.15) is 13.2 Å². The van der Waals surface area contributed by atoms with E-state index in [1.54, 1.807) is 24.3 Å². The van der Waals surface area contributed by atoms with Crippen LogP contribution in [-0.4, -0.2) is 15.9 Å². The molecule has 0 spiro atoms. The molecule has 0 fully saturated rings. The number of aromatic nitrogens is 2. The number of nitrogen functional groups attached to an aromatic ring is 1. The highest BCUT2D eigenvalue weighted by Crippen LogP contribution is 2.37. The fourth-order valence-electron chi connectivity index (χ4n) is 3.06. The van der Waals surface area contributed by atoms with Crippen molar-refractivity contribution in [3.05, 3.63) is 74.6 Å². The van der Waals surface area contributed by atoms with Gasteiger partial charge < -0.3 is 11.1 Å². The van der Waals surface area contributed by atoms with Gasteiger partial charge in [0.15, 0.2) is 0 Å². The monoisotopic (exact) mass is 496 g/mol. The number of hydrogen-bond donors (Lipinski definition) is 2. The summed E-state index contributed by atoms with van der Waals surface area (Å²) in [5.41, 5.74) is 6.40. The van der Waals surface area contributed by atoms with E-state index in [1.165, 1.54) is 12.1 Å². The van der Waals surface area contributed by atoms with E-state index in [4.69, 9.17) is 28.9 Å². The zero-order chi connectivity index (χ0) is 23.0. The Labute approximate surface area is 194 Å². The van der Waals surface area contributed by atoms with Crippen molar-refractivity contribution >= 4 is 56.6 Å². The summed E-state index contributed by atoms with van der Waals surface area (Å²) in [6.07, 6.45) is -4.45. The van der Waals surface area contributed by atoms with Crippen LogP contribution in [-0.2, 0) is 12.7 Å². The van der Waals surface area contributed by atoms with Crippen LogP contribution < -0.4 is 11.1 Å². The molecule has 0 saturated carbocycles. The van der Waals surface area contributed by atoms with Gasteiger partial charge in [0.2, 0.25) is 5.95 Å². The largest absolute Gasteiger partial charge is 0.416 e. The van der Waals surface area contributed by atoms with Crippen LogP contribution in [0.1, 0.15) is 20.8 Å². The van der Waals surface area contributed by atoms with E-state index in [0.29, 0.717) is 42.0 Å². The molecule has 2 aromatic heterocycles. The number of anilines is 1. The lowest BCUT2D eigenvalue weighted by molar-refractivity contribution is -0.137. The molecular weight excluding hydrogens is 484 g/mol. The van der Waals surface area contributed by atoms with Crippen molar-refractivity contribution in [2.45, 2.75) is 12.7 Å². The molecule has 0 bridgehead atoms. The SMILES string of the molecule is Nc1nc(-c2ccc(Cl)cc2Cl)c2cc(C(=O)NCc3cccc(C(F)(F)F)c3)sc2n1. The smallest absolute Gasteiger partial charge is 0.368 e. The molecule has 1 amide bonds. The number of carbonyl (C=O) groups excluding carboxylic acids is 1. The molecule has 2 heterocycles. The summed E-state index contributed by atoms with van der Waals surface area (Å²) in [6, 6.07) is 11.3. The van der Waals surface area contributed by atoms with Gasteiger partial charge in [-0.1, -0.05) is 35.3 Å². The van der Waals surface area contributed by atoms with Gasteiger partial charge in [0.1, 0.15) is 4.83 Å². The van der Waals surface area contributed by atoms with E-state index in [2.05, 4.69) is 15.3 Å². The summed E-state index contributed by atoms with van der Waals surface area (Å²) in [4.78, 5) is 21.9. The van der Waals surface area contributed by atoms with Crippen LogP contribution in [0.4, 0.5) is 19.1 Å². The molecule has 0 atom stereocenters. The van der Waals surface area contributed by atoms with Crippen molar-refractivity contribution in [2.75, 3.05) is 5.73 Å². The first kappa shape index (κ1) is 22.3. The second-order valence-corrected chi connectivity index (χ2v) is 8.64. The van der Waals surface area contributed by atoms with Crippen molar-refractivity contribution in [1.82, 2.24) is 15.3 Å². The first-order chi connectivity index (χ1) is 15.1. The average Bonchev–Trinajstić information content (AvgIpc) is 3.15. The number of hydrogen-bond acceptors (Lipinski definition) is 5. The van der Waals surface area contributed by atoms with E-state index in [9.17, 15) is 18.0 Å². The zero-order valence-electron chi connectivity index (χ0n) is 16.0. The lowest BCUT2D eigenvalue weighted by Crippen LogP contribution is -2.22. The number of fused-ring (bicyclic) bond motifs is 1. The quantitative estimate of drug-likeness (QED) is 0.352. The third-order valence-corrected chi connectivity index (χ3v) is 6.10. The molecule has 5 nitrogen and oxygen atoms in total. The van der Waals surface area contributed by atoms with E-state index in [1.807, 2.05) is 0 Å². The Morgan fingerprint density at radius 3 is 2.59 bits per heavy atom. The van der Waals surface area contributed by atoms with Gasteiger partial charge >= 0.3 is 6.18 Å². The number of amides is 1. The topological polar surface area (TPSA) is 80.9 Å². The number of carbonyl (C=O) groups is 1. The molecule has 0 radical (unpaired) electrons. The van der Waals surface area contributed by atoms with Crippen molar-refractivity contribution < 1.29 is 18.0 Å². The van der Waals surface area contributed by atoms with Crippen molar-refractivity contribution in [3.8, 4) is 11.3 Å². The molecule has 11 heteroatoms. The second kappa shape index (κ2) is 8.57. The van der Waals surface area contributed by atoms with Crippen LogP contribution in [0.3, 0.4) is 0 Å². The summed E-state index contributed by atoms with van der Waals surface area (Å²) in [5, 5.41) is 4.01. The van der Waals surface area contributed by atoms with Gasteiger partial charge in [-0.3, -0.25) is 4.79 Å². The Morgan fingerprint density at radius 2 is 1.88 bits per heavy atom. The van der Waals surface area contributed by atoms with Gasteiger partial charge in [-0.25, -0.2) is 9.97 Å². The van der Waals surface area contributed by atoms with Crippen LogP contribution in [0.15, 0.2) is 48.5 Å². The Bertz CT molecular complexity index is 1340. The van der Waals surface area contributed by atoms with E-state index >= 15 is 0 Å². The highest BCUT2D eigenvalue weighted by Gasteiger charge is 2.30. The molecule has 2 aromatic carbocycles. The van der Waals surface area contributed by atoms with E-state index in [-0.39, 0.29) is 12.5 Å². The van der Waals surface area contributed by atoms with Crippen molar-refractivity contribution in [1.29, 1.82) is 0 Å². The number of nitrogens with one attached hydrogen (secondary N) is 1. The van der Waals surface area contributed by atoms with Gasteiger partial charge in [0.05, 0.1) is 21.2 Å². The highest BCUT2D eigenvalue weighted by atomic mass is 35.5. The number of nitrogens with two attached hydrogens (primary N) is 1. The Balaban J connectivity index is 1.62. The van der Waals surface area contributed by atoms with E-state index < -0.39 is 17.6 Å². The van der Waals surface area contributed by atoms with Crippen LogP contribution in [0.2, 0.25) is 10.0 Å². The maximum atomic E-state index is 12.9. The zero-order valence-corrected chi connectivity index (χ0v) is 18.3. The van der Waals surface area contributed by atoms with E-state index in [0.717, 1.165) is 23.5 Å². The molecule has 3 N–H and O–H groups in total. The number of thiophene rings is 1. The molecule has 4 aromatic rings. The number of alkyl halides is 3. The molecule has 0 unspecified atom stereocenters. The van der Waals surface area contributed by atoms with Crippen LogP contribution in [0, 0.1) is 0 Å². The lowest BCUT2D eigenvalue weighted by Gasteiger charge is -2.09. The molecule has 164 valence electrons. The Hall–Kier alpha value is -2.88. The van der Waals surface area contributed by atoms with Gasteiger partial charge in [-0.05, 0) is 42.0 Å². The lowest BCUT2D eigenvalue weighted by atomic mass is 10.1. The first-order valence-corrected chi connectivity index (χ1v) is 10.7. The summed E-state index contributed by atoms with van der Waals surface area (Å²) in [7, 11) is 0. The molecule has 0 aliphatic carbocycles. The molecule has 4 rings (SSSR count). The molecular formula is C21H13Cl2F3N4OS. The van der Waals surface area contributed by atoms with Gasteiger partial charge in [0.25, 0.3) is 5.91 Å². The van der Waals surface area contributed by atoms with Crippen LogP contribution in [0.25, 0.3) is 21.5 Å². The van der Waals surface area contributed by atoms with Gasteiger partial charge in [-0.15, -0.1) is 11.3 Å². The van der Waals surface area contributed by atoms with Crippen LogP contribution in [0.5, 0.6) is 0 Å². The summed E-state index contributed by atoms with van der Waals surface area (Å²) < 4.78 is 38.7. The Morgan fingerprint density at radius 1 is 1.09 bits per heavy atom. The first-order valence-electron chi connectivity index (χ1n) is 9.08. The average molecular weight is 497 g/mol. The van der Waals surface area contributed by atoms with Crippen molar-refractivity contribution in [3.63, 3.8) is 0 Å². The maximum absolute atomic E-state index is 12.9. The predicted molar refractivity (Wildman–Crippen MR) is 120 cm³/mol. The number of nitrogens with zero attached hydrogens (tertiary/aromatic N) is 2. The molecule has 0 aliphatic rings. The summed E-state index contributed by atoms with van der Waals surface area (Å²) >= 11 is 13.4.